The summed E-state index contributed by atoms with van der Waals surface area (Å²) < 4.78 is 0. The topological polar surface area (TPSA) is 99.7 Å². The van der Waals surface area contributed by atoms with Crippen molar-refractivity contribution in [3.63, 3.8) is 0 Å². The molecule has 0 bridgehead atoms. The van der Waals surface area contributed by atoms with Crippen molar-refractivity contribution in [1.82, 2.24) is 5.32 Å². The van der Waals surface area contributed by atoms with Crippen molar-refractivity contribution in [2.75, 3.05) is 17.6 Å². The van der Waals surface area contributed by atoms with Gasteiger partial charge in [-0.2, -0.15) is 0 Å². The molecule has 5 N–H and O–H groups in total. The minimum atomic E-state index is -0.919. The number of para-hydroxylation sites is 1. The number of hydrogen-bond acceptors (Lipinski definition) is 5. The van der Waals surface area contributed by atoms with Crippen LogP contribution in [0.4, 0.5) is 22.7 Å². The number of carbonyl (C=O) groups is 1. The van der Waals surface area contributed by atoms with Gasteiger partial charge in [0.15, 0.2) is 0 Å². The lowest BCUT2D eigenvalue weighted by Gasteiger charge is -2.18. The van der Waals surface area contributed by atoms with Crippen LogP contribution in [0.15, 0.2) is 83.0 Å². The average Bonchev–Trinajstić information content (AvgIpc) is 2.68. The first-order chi connectivity index (χ1) is 13.8. The highest BCUT2D eigenvalue weighted by Gasteiger charge is 2.14. The lowest BCUT2D eigenvalue weighted by atomic mass is 9.99. The van der Waals surface area contributed by atoms with Gasteiger partial charge < -0.3 is 21.5 Å². The number of nitrogens with two attached hydrogens (primary N) is 1. The minimum absolute atomic E-state index is 0.154. The van der Waals surface area contributed by atoms with Crippen LogP contribution in [0.3, 0.4) is 0 Å². The molecule has 0 atom stereocenters. The van der Waals surface area contributed by atoms with E-state index in [0.717, 1.165) is 33.9 Å². The van der Waals surface area contributed by atoms with E-state index in [1.807, 2.05) is 68.5 Å². The highest BCUT2D eigenvalue weighted by Crippen LogP contribution is 2.34. The second kappa shape index (κ2) is 8.48. The van der Waals surface area contributed by atoms with Crippen LogP contribution in [0.25, 0.3) is 0 Å². The van der Waals surface area contributed by atoms with Gasteiger partial charge in [0.25, 0.3) is 0 Å². The van der Waals surface area contributed by atoms with E-state index in [1.54, 1.807) is 0 Å². The number of nitrogen functional groups attached to an aromatic ring is 1. The molecule has 1 aliphatic rings. The fourth-order valence-electron chi connectivity index (χ4n) is 2.91. The van der Waals surface area contributed by atoms with Gasteiger partial charge in [0, 0.05) is 17.1 Å². The molecule has 29 heavy (non-hydrogen) atoms. The van der Waals surface area contributed by atoms with Crippen molar-refractivity contribution in [2.24, 2.45) is 4.99 Å². The van der Waals surface area contributed by atoms with Crippen molar-refractivity contribution in [3.05, 3.63) is 83.6 Å². The third-order valence-corrected chi connectivity index (χ3v) is 4.53. The van der Waals surface area contributed by atoms with Gasteiger partial charge in [0.05, 0.1) is 17.1 Å². The zero-order chi connectivity index (χ0) is 21.0. The first-order valence-corrected chi connectivity index (χ1v) is 9.19. The number of aliphatic imine (C=N–C) groups is 1. The number of aryl methyl sites for hydroxylation is 1. The molecule has 0 unspecified atom stereocenters. The summed E-state index contributed by atoms with van der Waals surface area (Å²) in [7, 11) is 0. The van der Waals surface area contributed by atoms with Gasteiger partial charge in [-0.05, 0) is 67.0 Å². The maximum absolute atomic E-state index is 10.8. The SMILES string of the molecule is C=C1C=C(NCC(=O)O)C(C)=CC1=Nc1cc(C)c(N)cc1Nc1ccccc1. The number of carboxylic acid groups (broad SMARTS) is 1. The number of rotatable bonds is 6. The molecule has 0 saturated heterocycles. The third-order valence-electron chi connectivity index (χ3n) is 4.53. The maximum Gasteiger partial charge on any atom is 0.322 e. The zero-order valence-corrected chi connectivity index (χ0v) is 16.5. The fourth-order valence-corrected chi connectivity index (χ4v) is 2.91. The first kappa shape index (κ1) is 19.9. The smallest absolute Gasteiger partial charge is 0.322 e. The Balaban J connectivity index is 1.94. The Labute approximate surface area is 170 Å². The molecule has 0 aliphatic heterocycles. The second-order valence-electron chi connectivity index (χ2n) is 6.87. The van der Waals surface area contributed by atoms with Gasteiger partial charge in [-0.1, -0.05) is 24.8 Å². The molecule has 0 fully saturated rings. The molecule has 0 spiro atoms. The molecule has 0 aromatic heterocycles. The van der Waals surface area contributed by atoms with Gasteiger partial charge in [-0.25, -0.2) is 4.99 Å². The Kier molecular flexibility index (Phi) is 5.83. The number of benzene rings is 2. The summed E-state index contributed by atoms with van der Waals surface area (Å²) in [6, 6.07) is 13.6. The Morgan fingerprint density at radius 3 is 2.59 bits per heavy atom. The molecule has 6 nitrogen and oxygen atoms in total. The van der Waals surface area contributed by atoms with Crippen molar-refractivity contribution < 1.29 is 9.90 Å². The van der Waals surface area contributed by atoms with Gasteiger partial charge in [-0.15, -0.1) is 0 Å². The number of hydrogen-bond donors (Lipinski definition) is 4. The van der Waals surface area contributed by atoms with Gasteiger partial charge in [0.2, 0.25) is 0 Å². The van der Waals surface area contributed by atoms with Crippen LogP contribution < -0.4 is 16.4 Å². The molecule has 0 saturated carbocycles. The largest absolute Gasteiger partial charge is 0.480 e. The van der Waals surface area contributed by atoms with Crippen LogP contribution in [0.2, 0.25) is 0 Å². The molecule has 148 valence electrons. The Morgan fingerprint density at radius 2 is 1.90 bits per heavy atom. The van der Waals surface area contributed by atoms with E-state index < -0.39 is 5.97 Å². The normalized spacial score (nSPS) is 15.0. The molecule has 6 heteroatoms. The van der Waals surface area contributed by atoms with E-state index in [0.29, 0.717) is 17.0 Å². The predicted octanol–water partition coefficient (Wildman–Crippen LogP) is 4.47. The molecular weight excluding hydrogens is 364 g/mol. The van der Waals surface area contributed by atoms with E-state index >= 15 is 0 Å². The lowest BCUT2D eigenvalue weighted by Crippen LogP contribution is -2.24. The van der Waals surface area contributed by atoms with Crippen LogP contribution in [-0.4, -0.2) is 23.3 Å². The quantitative estimate of drug-likeness (QED) is 0.547. The highest BCUT2D eigenvalue weighted by atomic mass is 16.4. The molecular formula is C23H24N4O2. The van der Waals surface area contributed by atoms with E-state index in [2.05, 4.69) is 17.2 Å². The number of aliphatic carboxylic acids is 1. The first-order valence-electron chi connectivity index (χ1n) is 9.19. The fraction of sp³-hybridized carbons (Fsp3) is 0.130. The van der Waals surface area contributed by atoms with Crippen LogP contribution in [0.5, 0.6) is 0 Å². The zero-order valence-electron chi connectivity index (χ0n) is 16.5. The van der Waals surface area contributed by atoms with E-state index in [4.69, 9.17) is 15.8 Å². The number of allylic oxidation sites excluding steroid dienone is 4. The number of nitrogens with one attached hydrogen (secondary N) is 2. The molecule has 0 radical (unpaired) electrons. The summed E-state index contributed by atoms with van der Waals surface area (Å²) in [5, 5.41) is 15.1. The van der Waals surface area contributed by atoms with Crippen LogP contribution in [0.1, 0.15) is 12.5 Å². The summed E-state index contributed by atoms with van der Waals surface area (Å²) >= 11 is 0. The standard InChI is InChI=1S/C23H24N4O2/c1-14-9-21(22(12-18(14)24)26-17-7-5-4-6-8-17)27-20-11-15(2)19(10-16(20)3)25-13-23(28)29/h4-12,25-26H,3,13,24H2,1-2H3,(H,28,29). The second-order valence-corrected chi connectivity index (χ2v) is 6.87. The Bertz CT molecular complexity index is 1050. The van der Waals surface area contributed by atoms with Crippen molar-refractivity contribution in [3.8, 4) is 0 Å². The van der Waals surface area contributed by atoms with Crippen molar-refractivity contribution >= 4 is 34.4 Å². The van der Waals surface area contributed by atoms with Crippen LogP contribution >= 0.6 is 0 Å². The Hall–Kier alpha value is -3.80. The summed E-state index contributed by atoms with van der Waals surface area (Å²) in [6.07, 6.45) is 3.70. The third kappa shape index (κ3) is 4.93. The van der Waals surface area contributed by atoms with Gasteiger partial charge in [-0.3, -0.25) is 4.79 Å². The maximum atomic E-state index is 10.8. The van der Waals surface area contributed by atoms with Gasteiger partial charge >= 0.3 is 5.97 Å². The molecule has 0 amide bonds. The Morgan fingerprint density at radius 1 is 1.17 bits per heavy atom. The summed E-state index contributed by atoms with van der Waals surface area (Å²) in [5.41, 5.74) is 13.2. The van der Waals surface area contributed by atoms with Crippen LogP contribution in [-0.2, 0) is 4.79 Å². The summed E-state index contributed by atoms with van der Waals surface area (Å²) in [4.78, 5) is 15.6. The van der Waals surface area contributed by atoms with Gasteiger partial charge in [0.1, 0.15) is 6.54 Å². The average molecular weight is 388 g/mol. The molecule has 2 aromatic rings. The molecule has 2 aromatic carbocycles. The molecule has 0 heterocycles. The summed E-state index contributed by atoms with van der Waals surface area (Å²) in [5.74, 6) is -0.919. The van der Waals surface area contributed by atoms with E-state index in [9.17, 15) is 4.79 Å². The molecule has 1 aliphatic carbocycles. The predicted molar refractivity (Wildman–Crippen MR) is 119 cm³/mol. The van der Waals surface area contributed by atoms with Crippen LogP contribution in [0, 0.1) is 6.92 Å². The van der Waals surface area contributed by atoms with E-state index in [-0.39, 0.29) is 6.54 Å². The highest BCUT2D eigenvalue weighted by molar-refractivity contribution is 6.13. The van der Waals surface area contributed by atoms with E-state index in [1.165, 1.54) is 0 Å². The summed E-state index contributed by atoms with van der Waals surface area (Å²) in [6.45, 7) is 7.76. The monoisotopic (exact) mass is 388 g/mol. The number of nitrogens with zero attached hydrogens (tertiary/aromatic N) is 1. The lowest BCUT2D eigenvalue weighted by molar-refractivity contribution is -0.135. The minimum Gasteiger partial charge on any atom is -0.480 e. The number of carboxylic acids is 1. The van der Waals surface area contributed by atoms with Crippen molar-refractivity contribution in [1.29, 1.82) is 0 Å². The van der Waals surface area contributed by atoms with Crippen molar-refractivity contribution in [2.45, 2.75) is 13.8 Å². The molecule has 3 rings (SSSR count). The number of anilines is 3.